The molecule has 35 heavy (non-hydrogen) atoms. The molecule has 0 aliphatic carbocycles. The zero-order chi connectivity index (χ0) is 24.4. The Hall–Kier alpha value is -3.09. The molecular formula is C28H28ClN3O2S. The molecule has 1 aromatic heterocycles. The van der Waals surface area contributed by atoms with Gasteiger partial charge in [0, 0.05) is 65.8 Å². The van der Waals surface area contributed by atoms with Crippen LogP contribution < -0.4 is 10.5 Å². The van der Waals surface area contributed by atoms with E-state index in [0.29, 0.717) is 31.0 Å². The van der Waals surface area contributed by atoms with E-state index < -0.39 is 5.60 Å². The number of hydrogen-bond acceptors (Lipinski definition) is 5. The summed E-state index contributed by atoms with van der Waals surface area (Å²) in [4.78, 5) is 21.4. The molecule has 3 heterocycles. The van der Waals surface area contributed by atoms with Crippen molar-refractivity contribution in [3.05, 3.63) is 98.3 Å². The summed E-state index contributed by atoms with van der Waals surface area (Å²) in [6.45, 7) is 1.14. The van der Waals surface area contributed by atoms with Crippen molar-refractivity contribution < 1.29 is 9.53 Å². The van der Waals surface area contributed by atoms with E-state index >= 15 is 0 Å². The van der Waals surface area contributed by atoms with Crippen molar-refractivity contribution in [2.24, 2.45) is 10.7 Å². The van der Waals surface area contributed by atoms with Gasteiger partial charge in [-0.15, -0.1) is 11.3 Å². The van der Waals surface area contributed by atoms with Gasteiger partial charge in [-0.05, 0) is 60.2 Å². The second kappa shape index (κ2) is 9.88. The van der Waals surface area contributed by atoms with Crippen LogP contribution in [0.4, 0.5) is 0 Å². The van der Waals surface area contributed by atoms with E-state index in [1.807, 2.05) is 41.3 Å². The van der Waals surface area contributed by atoms with E-state index in [1.54, 1.807) is 30.7 Å². The molecule has 0 unspecified atom stereocenters. The lowest BCUT2D eigenvalue weighted by Gasteiger charge is -2.46. The number of amides is 1. The Morgan fingerprint density at radius 3 is 2.69 bits per heavy atom. The highest BCUT2D eigenvalue weighted by Gasteiger charge is 2.46. The van der Waals surface area contributed by atoms with Crippen LogP contribution in [0.25, 0.3) is 0 Å². The first-order valence-corrected chi connectivity index (χ1v) is 13.1. The summed E-state index contributed by atoms with van der Waals surface area (Å²) < 4.78 is 6.57. The van der Waals surface area contributed by atoms with E-state index in [9.17, 15) is 4.79 Å². The predicted octanol–water partition coefficient (Wildman–Crippen LogP) is 5.52. The van der Waals surface area contributed by atoms with Crippen molar-refractivity contribution in [2.45, 2.75) is 31.3 Å². The summed E-state index contributed by atoms with van der Waals surface area (Å²) in [5.74, 6) is 0.851. The summed E-state index contributed by atoms with van der Waals surface area (Å²) >= 11 is 8.03. The molecule has 1 spiro atoms. The minimum atomic E-state index is -0.587. The molecule has 1 amide bonds. The molecular weight excluding hydrogens is 478 g/mol. The number of ether oxygens (including phenoxy) is 1. The molecule has 2 aliphatic heterocycles. The molecule has 1 saturated heterocycles. The minimum Gasteiger partial charge on any atom is -0.482 e. The van der Waals surface area contributed by atoms with Crippen molar-refractivity contribution in [1.82, 2.24) is 4.90 Å². The van der Waals surface area contributed by atoms with Crippen LogP contribution in [0.5, 0.6) is 5.75 Å². The fourth-order valence-electron chi connectivity index (χ4n) is 5.15. The van der Waals surface area contributed by atoms with Crippen molar-refractivity contribution in [2.75, 3.05) is 20.1 Å². The largest absolute Gasteiger partial charge is 0.482 e. The van der Waals surface area contributed by atoms with Crippen LogP contribution in [-0.2, 0) is 12.8 Å². The van der Waals surface area contributed by atoms with E-state index in [1.165, 1.54) is 4.88 Å². The number of thiophene rings is 1. The summed E-state index contributed by atoms with van der Waals surface area (Å²) in [5.41, 5.74) is 9.95. The van der Waals surface area contributed by atoms with Gasteiger partial charge in [-0.2, -0.15) is 0 Å². The number of aryl methyl sites for hydroxylation is 2. The van der Waals surface area contributed by atoms with E-state index in [-0.39, 0.29) is 5.91 Å². The molecule has 5 rings (SSSR count). The van der Waals surface area contributed by atoms with Gasteiger partial charge in [0.05, 0.1) is 5.71 Å². The highest BCUT2D eigenvalue weighted by atomic mass is 35.5. The number of benzene rings is 2. The number of likely N-dealkylation sites (tertiary alicyclic amines) is 1. The van der Waals surface area contributed by atoms with Crippen molar-refractivity contribution in [3.8, 4) is 5.75 Å². The number of para-hydroxylation sites is 1. The fourth-order valence-corrected chi connectivity index (χ4v) is 6.06. The third kappa shape index (κ3) is 4.48. The average Bonchev–Trinajstić information content (AvgIpc) is 3.40. The molecule has 0 saturated carbocycles. The van der Waals surface area contributed by atoms with Gasteiger partial charge in [0.25, 0.3) is 5.91 Å². The summed E-state index contributed by atoms with van der Waals surface area (Å²) in [6.07, 6.45) is 4.58. The number of fused-ring (bicyclic) bond motifs is 1. The molecule has 180 valence electrons. The number of hydrogen-bond donors (Lipinski definition) is 1. The fraction of sp³-hybridized carbons (Fsp3) is 0.286. The van der Waals surface area contributed by atoms with E-state index in [0.717, 1.165) is 46.6 Å². The van der Waals surface area contributed by atoms with Gasteiger partial charge in [0.15, 0.2) is 0 Å². The Labute approximate surface area is 214 Å². The van der Waals surface area contributed by atoms with Gasteiger partial charge in [-0.3, -0.25) is 9.79 Å². The maximum Gasteiger partial charge on any atom is 0.254 e. The summed E-state index contributed by atoms with van der Waals surface area (Å²) in [5, 5.41) is 2.73. The highest BCUT2D eigenvalue weighted by Crippen LogP contribution is 2.43. The van der Waals surface area contributed by atoms with Crippen LogP contribution in [0.3, 0.4) is 0 Å². The first-order valence-electron chi connectivity index (χ1n) is 11.8. The average molecular weight is 506 g/mol. The lowest BCUT2D eigenvalue weighted by molar-refractivity contribution is 0.0284. The Bertz CT molecular complexity index is 1290. The Morgan fingerprint density at radius 2 is 1.97 bits per heavy atom. The van der Waals surface area contributed by atoms with Crippen molar-refractivity contribution in [3.63, 3.8) is 0 Å². The Balaban J connectivity index is 1.36. The highest BCUT2D eigenvalue weighted by molar-refractivity contribution is 7.09. The summed E-state index contributed by atoms with van der Waals surface area (Å²) in [6, 6.07) is 17.7. The van der Waals surface area contributed by atoms with Crippen LogP contribution in [0.15, 0.2) is 76.7 Å². The van der Waals surface area contributed by atoms with Gasteiger partial charge in [0.2, 0.25) is 0 Å². The minimum absolute atomic E-state index is 0.0385. The van der Waals surface area contributed by atoms with Gasteiger partial charge in [-0.1, -0.05) is 29.8 Å². The molecule has 0 atom stereocenters. The number of rotatable bonds is 4. The number of carbonyl (C=O) groups is 1. The second-order valence-electron chi connectivity index (χ2n) is 8.92. The van der Waals surface area contributed by atoms with Gasteiger partial charge in [0.1, 0.15) is 11.4 Å². The van der Waals surface area contributed by atoms with Gasteiger partial charge < -0.3 is 15.4 Å². The monoisotopic (exact) mass is 505 g/mol. The van der Waals surface area contributed by atoms with Crippen LogP contribution in [-0.4, -0.2) is 42.3 Å². The maximum absolute atomic E-state index is 13.6. The normalized spacial score (nSPS) is 19.1. The predicted molar refractivity (Wildman–Crippen MR) is 143 cm³/mol. The zero-order valence-electron chi connectivity index (χ0n) is 19.7. The zero-order valence-corrected chi connectivity index (χ0v) is 21.2. The topological polar surface area (TPSA) is 67.9 Å². The third-order valence-corrected chi connectivity index (χ3v) is 8.13. The first-order chi connectivity index (χ1) is 17.0. The van der Waals surface area contributed by atoms with Crippen LogP contribution in [0, 0.1) is 0 Å². The Morgan fingerprint density at radius 1 is 1.17 bits per heavy atom. The molecule has 1 fully saturated rings. The van der Waals surface area contributed by atoms with Gasteiger partial charge in [-0.25, -0.2) is 0 Å². The molecule has 3 aromatic rings. The van der Waals surface area contributed by atoms with Crippen molar-refractivity contribution >= 4 is 34.6 Å². The second-order valence-corrected chi connectivity index (χ2v) is 10.4. The number of piperidine rings is 1. The van der Waals surface area contributed by atoms with Crippen LogP contribution in [0.1, 0.15) is 39.2 Å². The number of aliphatic imine (C=N–C) groups is 1. The molecule has 5 nitrogen and oxygen atoms in total. The van der Waals surface area contributed by atoms with Crippen molar-refractivity contribution in [1.29, 1.82) is 0 Å². The maximum atomic E-state index is 13.6. The smallest absolute Gasteiger partial charge is 0.254 e. The SMILES string of the molecule is CN=C1C(=CN)C2(CCN(C(=O)c3ccc(Cl)cc3CCc3cccs3)CC2)Oc2ccccc21. The Kier molecular flexibility index (Phi) is 6.67. The third-order valence-electron chi connectivity index (χ3n) is 6.96. The molecule has 7 heteroatoms. The molecule has 0 bridgehead atoms. The number of halogens is 1. The molecule has 2 aromatic carbocycles. The lowest BCUT2D eigenvalue weighted by atomic mass is 9.77. The lowest BCUT2D eigenvalue weighted by Crippen LogP contribution is -2.54. The molecule has 2 aliphatic rings. The summed E-state index contributed by atoms with van der Waals surface area (Å²) in [7, 11) is 1.78. The van der Waals surface area contributed by atoms with E-state index in [2.05, 4.69) is 22.5 Å². The van der Waals surface area contributed by atoms with Crippen LogP contribution >= 0.6 is 22.9 Å². The quantitative estimate of drug-likeness (QED) is 0.508. The number of carbonyl (C=O) groups excluding carboxylic acids is 1. The molecule has 0 radical (unpaired) electrons. The number of nitrogens with two attached hydrogens (primary N) is 1. The molecule has 2 N–H and O–H groups in total. The standard InChI is InChI=1S/C28H28ClN3O2S/c1-31-26-23-6-2-3-7-25(23)34-28(24(26)18-30)12-14-32(15-13-28)27(33)22-11-9-20(29)17-19(22)8-10-21-5-4-16-35-21/h2-7,9,11,16-18H,8,10,12-15,30H2,1H3. The number of nitrogens with zero attached hydrogens (tertiary/aromatic N) is 2. The van der Waals surface area contributed by atoms with Crippen LogP contribution in [0.2, 0.25) is 5.02 Å². The van der Waals surface area contributed by atoms with Gasteiger partial charge >= 0.3 is 0 Å². The van der Waals surface area contributed by atoms with E-state index in [4.69, 9.17) is 22.1 Å². The first kappa shape index (κ1) is 23.6.